The zero-order chi connectivity index (χ0) is 35.0. The lowest BCUT2D eigenvalue weighted by Gasteiger charge is -2.37. The maximum Gasteiger partial charge on any atom is 0.350 e. The summed E-state index contributed by atoms with van der Waals surface area (Å²) in [5.41, 5.74) is 6.18. The molecule has 1 fully saturated rings. The van der Waals surface area contributed by atoms with Crippen LogP contribution in [0.25, 0.3) is 5.69 Å². The summed E-state index contributed by atoms with van der Waals surface area (Å²) < 4.78 is 8.25. The van der Waals surface area contributed by atoms with Gasteiger partial charge in [0.1, 0.15) is 6.33 Å². The third-order valence-electron chi connectivity index (χ3n) is 9.83. The average Bonchev–Trinajstić information content (AvgIpc) is 3.54. The number of nitrogens with zero attached hydrogens (tertiary/aromatic N) is 4. The summed E-state index contributed by atoms with van der Waals surface area (Å²) in [5.74, 6) is -0.211. The number of aromatic nitrogens is 3. The first-order valence-corrected chi connectivity index (χ1v) is 17.5. The van der Waals surface area contributed by atoms with E-state index < -0.39 is 0 Å². The first-order valence-electron chi connectivity index (χ1n) is 17.5. The maximum absolute atomic E-state index is 13.8. The van der Waals surface area contributed by atoms with Crippen molar-refractivity contribution in [1.82, 2.24) is 19.7 Å². The number of benzene rings is 4. The van der Waals surface area contributed by atoms with Crippen LogP contribution in [0.5, 0.6) is 0 Å². The number of ether oxygens (including phenoxy) is 1. The van der Waals surface area contributed by atoms with E-state index in [1.807, 2.05) is 86.6 Å². The van der Waals surface area contributed by atoms with Gasteiger partial charge in [0.05, 0.1) is 23.9 Å². The van der Waals surface area contributed by atoms with Crippen molar-refractivity contribution in [2.75, 3.05) is 24.6 Å². The highest BCUT2D eigenvalue weighted by molar-refractivity contribution is 5.91. The third-order valence-corrected chi connectivity index (χ3v) is 9.83. The van der Waals surface area contributed by atoms with Crippen LogP contribution in [0, 0.1) is 18.8 Å². The van der Waals surface area contributed by atoms with Gasteiger partial charge in [0, 0.05) is 31.2 Å². The number of aryl methyl sites for hydroxylation is 1. The predicted octanol–water partition coefficient (Wildman–Crippen LogP) is 6.52. The summed E-state index contributed by atoms with van der Waals surface area (Å²) in [4.78, 5) is 41.7. The Morgan fingerprint density at radius 2 is 1.54 bits per heavy atom. The molecule has 6 rings (SSSR count). The molecular formula is C41H45N5O4. The van der Waals surface area contributed by atoms with E-state index >= 15 is 0 Å². The minimum atomic E-state index is -0.331. The van der Waals surface area contributed by atoms with E-state index in [1.165, 1.54) is 4.68 Å². The van der Waals surface area contributed by atoms with Gasteiger partial charge in [-0.15, -0.1) is 0 Å². The lowest BCUT2D eigenvalue weighted by atomic mass is 9.80. The van der Waals surface area contributed by atoms with Gasteiger partial charge in [-0.3, -0.25) is 4.79 Å². The number of hydrogen-bond donors (Lipinski definition) is 1. The lowest BCUT2D eigenvalue weighted by Crippen LogP contribution is -2.42. The fraction of sp³-hybridized carbons (Fsp3) is 0.317. The number of rotatable bonds is 12. The molecule has 1 aliphatic rings. The number of carbonyl (C=O) groups excluding carboxylic acids is 2. The van der Waals surface area contributed by atoms with Crippen LogP contribution >= 0.6 is 0 Å². The molecule has 1 saturated heterocycles. The molecule has 2 unspecified atom stereocenters. The van der Waals surface area contributed by atoms with Gasteiger partial charge in [-0.1, -0.05) is 72.8 Å². The van der Waals surface area contributed by atoms with Crippen LogP contribution in [0.2, 0.25) is 0 Å². The lowest BCUT2D eigenvalue weighted by molar-refractivity contribution is -0.127. The predicted molar refractivity (Wildman–Crippen MR) is 196 cm³/mol. The number of piperidine rings is 1. The molecule has 0 radical (unpaired) electrons. The molecule has 2 atom stereocenters. The molecule has 2 heterocycles. The van der Waals surface area contributed by atoms with Gasteiger partial charge in [0.15, 0.2) is 0 Å². The normalized spacial score (nSPS) is 14.6. The number of esters is 1. The first kappa shape index (κ1) is 34.4. The Hall–Kier alpha value is -5.44. The van der Waals surface area contributed by atoms with Crippen LogP contribution in [0.1, 0.15) is 65.3 Å². The molecule has 9 nitrogen and oxygen atoms in total. The monoisotopic (exact) mass is 671 g/mol. The minimum absolute atomic E-state index is 0.0522. The molecule has 1 aliphatic heterocycles. The Morgan fingerprint density at radius 3 is 2.20 bits per heavy atom. The summed E-state index contributed by atoms with van der Waals surface area (Å²) >= 11 is 0. The zero-order valence-electron chi connectivity index (χ0n) is 29.0. The quantitative estimate of drug-likeness (QED) is 0.152. The van der Waals surface area contributed by atoms with E-state index in [2.05, 4.69) is 39.6 Å². The summed E-state index contributed by atoms with van der Waals surface area (Å²) in [6, 6.07) is 33.6. The molecule has 258 valence electrons. The molecular weight excluding hydrogens is 626 g/mol. The number of anilines is 1. The molecule has 0 aliphatic carbocycles. The van der Waals surface area contributed by atoms with E-state index in [4.69, 9.17) is 4.74 Å². The summed E-state index contributed by atoms with van der Waals surface area (Å²) in [7, 11) is 0. The second-order valence-corrected chi connectivity index (χ2v) is 13.0. The van der Waals surface area contributed by atoms with Crippen LogP contribution < -0.4 is 15.9 Å². The number of amides is 1. The van der Waals surface area contributed by atoms with Crippen LogP contribution in [-0.4, -0.2) is 45.9 Å². The van der Waals surface area contributed by atoms with Gasteiger partial charge in [-0.25, -0.2) is 18.8 Å². The third kappa shape index (κ3) is 7.88. The van der Waals surface area contributed by atoms with Crippen molar-refractivity contribution in [1.29, 1.82) is 0 Å². The highest BCUT2D eigenvalue weighted by Gasteiger charge is 2.32. The second kappa shape index (κ2) is 15.8. The largest absolute Gasteiger partial charge is 0.462 e. The van der Waals surface area contributed by atoms with Crippen molar-refractivity contribution < 1.29 is 14.3 Å². The number of hydrogen-bond acceptors (Lipinski definition) is 6. The van der Waals surface area contributed by atoms with Crippen molar-refractivity contribution in [2.24, 2.45) is 11.8 Å². The van der Waals surface area contributed by atoms with E-state index in [1.54, 1.807) is 23.9 Å². The number of carbonyl (C=O) groups is 2. The van der Waals surface area contributed by atoms with Gasteiger partial charge in [-0.2, -0.15) is 5.10 Å². The fourth-order valence-corrected chi connectivity index (χ4v) is 6.95. The topological polar surface area (TPSA) is 98.5 Å². The SMILES string of the molecule is CCOC(=O)c1ccc(CNC(=O)C(Cc2ccccc2)C2CCN(c3ccc(-n4cnn(C(C)c5ccccc5)c4=O)cc3)CC2)cc1C. The zero-order valence-corrected chi connectivity index (χ0v) is 29.0. The smallest absolute Gasteiger partial charge is 0.350 e. The van der Waals surface area contributed by atoms with E-state index in [9.17, 15) is 14.4 Å². The van der Waals surface area contributed by atoms with Crippen LogP contribution in [0.15, 0.2) is 114 Å². The molecule has 0 saturated carbocycles. The van der Waals surface area contributed by atoms with Gasteiger partial charge in [-0.05, 0) is 98.5 Å². The second-order valence-electron chi connectivity index (χ2n) is 13.0. The summed E-state index contributed by atoms with van der Waals surface area (Å²) in [6.45, 7) is 8.05. The molecule has 1 aromatic heterocycles. The van der Waals surface area contributed by atoms with E-state index in [0.717, 1.165) is 59.6 Å². The Morgan fingerprint density at radius 1 is 0.880 bits per heavy atom. The van der Waals surface area contributed by atoms with E-state index in [0.29, 0.717) is 25.1 Å². The molecule has 1 amide bonds. The molecule has 5 aromatic rings. The molecule has 4 aromatic carbocycles. The van der Waals surface area contributed by atoms with Gasteiger partial charge in [0.25, 0.3) is 0 Å². The van der Waals surface area contributed by atoms with Crippen molar-refractivity contribution in [3.05, 3.63) is 148 Å². The Bertz CT molecular complexity index is 1940. The molecule has 0 bridgehead atoms. The van der Waals surface area contributed by atoms with Gasteiger partial charge in [0.2, 0.25) is 5.91 Å². The van der Waals surface area contributed by atoms with Crippen molar-refractivity contribution in [2.45, 2.75) is 52.6 Å². The molecule has 9 heteroatoms. The molecule has 0 spiro atoms. The van der Waals surface area contributed by atoms with E-state index in [-0.39, 0.29) is 35.4 Å². The summed E-state index contributed by atoms with van der Waals surface area (Å²) in [6.07, 6.45) is 4.05. The van der Waals surface area contributed by atoms with Gasteiger partial charge < -0.3 is 15.0 Å². The highest BCUT2D eigenvalue weighted by atomic mass is 16.5. The maximum atomic E-state index is 13.8. The van der Waals surface area contributed by atoms with Crippen molar-refractivity contribution in [3.63, 3.8) is 0 Å². The Labute approximate surface area is 293 Å². The molecule has 50 heavy (non-hydrogen) atoms. The average molecular weight is 672 g/mol. The first-order chi connectivity index (χ1) is 24.3. The van der Waals surface area contributed by atoms with Crippen LogP contribution in [-0.2, 0) is 22.5 Å². The standard InChI is InChI=1S/C41H45N5O4/c1-4-50-40(48)37-20-15-32(25-29(37)2)27-42-39(47)38(26-31-11-7-5-8-12-31)34-21-23-44(24-22-34)35-16-18-36(19-17-35)45-28-43-46(41(45)49)30(3)33-13-9-6-10-14-33/h5-20,25,28,30,34,38H,4,21-24,26-27H2,1-3H3,(H,42,47). The highest BCUT2D eigenvalue weighted by Crippen LogP contribution is 2.31. The summed E-state index contributed by atoms with van der Waals surface area (Å²) in [5, 5.41) is 7.61. The van der Waals surface area contributed by atoms with Crippen molar-refractivity contribution in [3.8, 4) is 5.69 Å². The molecule has 1 N–H and O–H groups in total. The Balaban J connectivity index is 1.10. The van der Waals surface area contributed by atoms with Gasteiger partial charge >= 0.3 is 11.7 Å². The fourth-order valence-electron chi connectivity index (χ4n) is 6.95. The van der Waals surface area contributed by atoms with Crippen LogP contribution in [0.4, 0.5) is 5.69 Å². The van der Waals surface area contributed by atoms with Crippen molar-refractivity contribution >= 4 is 17.6 Å². The Kier molecular flexibility index (Phi) is 10.9. The minimum Gasteiger partial charge on any atom is -0.462 e. The number of nitrogens with one attached hydrogen (secondary N) is 1. The van der Waals surface area contributed by atoms with Crippen LogP contribution in [0.3, 0.4) is 0 Å².